The fourth-order valence-electron chi connectivity index (χ4n) is 7.10. The summed E-state index contributed by atoms with van der Waals surface area (Å²) in [7, 11) is 0. The maximum atomic E-state index is 13.9. The van der Waals surface area contributed by atoms with E-state index in [4.69, 9.17) is 38.5 Å². The van der Waals surface area contributed by atoms with Gasteiger partial charge in [-0.05, 0) is 49.2 Å². The highest BCUT2D eigenvalue weighted by atomic mass is 16.6. The Morgan fingerprint density at radius 2 is 1.20 bits per heavy atom. The number of H-pyrrole nitrogens is 1. The van der Waals surface area contributed by atoms with E-state index in [0.717, 1.165) is 49.7 Å². The summed E-state index contributed by atoms with van der Waals surface area (Å²) in [4.78, 5) is 48.0. The Morgan fingerprint density at radius 3 is 1.74 bits per heavy atom. The molecule has 5 rings (SSSR count). The van der Waals surface area contributed by atoms with Gasteiger partial charge in [-0.25, -0.2) is 14.6 Å². The molecular formula is C40H58N4O10. The van der Waals surface area contributed by atoms with E-state index in [1.165, 1.54) is 36.3 Å². The molecule has 0 saturated heterocycles. The average Bonchev–Trinajstić information content (AvgIpc) is 3.65. The molecule has 2 N–H and O–H groups in total. The molecule has 54 heavy (non-hydrogen) atoms. The average molecular weight is 755 g/mol. The number of aliphatic hydroxyl groups excluding tert-OH is 1. The minimum Gasteiger partial charge on any atom is -0.460 e. The van der Waals surface area contributed by atoms with Crippen LogP contribution in [-0.2, 0) is 46.3 Å². The number of aromatic nitrogens is 4. The van der Waals surface area contributed by atoms with Crippen LogP contribution >= 0.6 is 0 Å². The number of ether oxygens (including phenoxy) is 6. The molecular weight excluding hydrogens is 696 g/mol. The first kappa shape index (κ1) is 41.5. The summed E-state index contributed by atoms with van der Waals surface area (Å²) in [6.45, 7) is 5.22. The van der Waals surface area contributed by atoms with Crippen molar-refractivity contribution in [1.82, 2.24) is 19.1 Å². The molecule has 2 fully saturated rings. The molecule has 0 aliphatic heterocycles. The molecule has 0 amide bonds. The second-order valence-corrected chi connectivity index (χ2v) is 14.0. The smallest absolute Gasteiger partial charge is 0.332 e. The lowest BCUT2D eigenvalue weighted by Crippen LogP contribution is -2.42. The van der Waals surface area contributed by atoms with Gasteiger partial charge in [-0.3, -0.25) is 13.9 Å². The molecule has 1 aromatic carbocycles. The molecule has 0 spiro atoms. The second kappa shape index (κ2) is 23.3. The lowest BCUT2D eigenvalue weighted by atomic mass is 9.89. The van der Waals surface area contributed by atoms with E-state index in [1.54, 1.807) is 10.6 Å². The fourth-order valence-corrected chi connectivity index (χ4v) is 7.10. The Balaban J connectivity index is 1.05. The van der Waals surface area contributed by atoms with Crippen LogP contribution in [0.2, 0.25) is 0 Å². The van der Waals surface area contributed by atoms with E-state index in [-0.39, 0.29) is 31.1 Å². The molecule has 2 saturated carbocycles. The molecule has 14 nitrogen and oxygen atoms in total. The number of imidazole rings is 1. The first-order chi connectivity index (χ1) is 26.5. The van der Waals surface area contributed by atoms with Gasteiger partial charge in [0.1, 0.15) is 17.9 Å². The zero-order chi connectivity index (χ0) is 37.8. The van der Waals surface area contributed by atoms with Gasteiger partial charge < -0.3 is 38.5 Å². The van der Waals surface area contributed by atoms with Crippen LogP contribution in [0.1, 0.15) is 69.8 Å². The van der Waals surface area contributed by atoms with Crippen LogP contribution in [0.4, 0.5) is 0 Å². The molecule has 0 radical (unpaired) electrons. The lowest BCUT2D eigenvalue weighted by molar-refractivity contribution is -0.139. The van der Waals surface area contributed by atoms with Gasteiger partial charge in [0.25, 0.3) is 5.56 Å². The SMILES string of the molecule is O=C(/C=C/c1ccc(-c2nc3c([nH]2)c(=O)n(CC2CCCCC2)c(=O)n3CC2CCCCC2)cc1)OCCOCCOCCOCCOCCOCCO. The number of aromatic amines is 1. The van der Waals surface area contributed by atoms with Crippen molar-refractivity contribution in [3.63, 3.8) is 0 Å². The summed E-state index contributed by atoms with van der Waals surface area (Å²) < 4.78 is 35.2. The highest BCUT2D eigenvalue weighted by molar-refractivity contribution is 5.87. The Hall–Kier alpha value is -3.66. The van der Waals surface area contributed by atoms with Crippen molar-refractivity contribution in [1.29, 1.82) is 0 Å². The van der Waals surface area contributed by atoms with Gasteiger partial charge in [-0.15, -0.1) is 0 Å². The normalized spacial score (nSPS) is 15.8. The van der Waals surface area contributed by atoms with Crippen LogP contribution in [0.25, 0.3) is 28.6 Å². The summed E-state index contributed by atoms with van der Waals surface area (Å²) in [6.07, 6.45) is 14.4. The molecule has 298 valence electrons. The number of benzene rings is 1. The first-order valence-corrected chi connectivity index (χ1v) is 19.7. The van der Waals surface area contributed by atoms with Crippen LogP contribution in [-0.4, -0.2) is 109 Å². The molecule has 0 atom stereocenters. The maximum absolute atomic E-state index is 13.9. The molecule has 2 aliphatic rings. The highest BCUT2D eigenvalue weighted by Crippen LogP contribution is 2.27. The van der Waals surface area contributed by atoms with E-state index >= 15 is 0 Å². The van der Waals surface area contributed by atoms with Crippen molar-refractivity contribution in [2.45, 2.75) is 77.3 Å². The van der Waals surface area contributed by atoms with Crippen molar-refractivity contribution in [2.75, 3.05) is 79.3 Å². The van der Waals surface area contributed by atoms with Crippen LogP contribution in [0.15, 0.2) is 39.9 Å². The first-order valence-electron chi connectivity index (χ1n) is 19.7. The predicted octanol–water partition coefficient (Wildman–Crippen LogP) is 4.35. The Morgan fingerprint density at radius 1 is 0.704 bits per heavy atom. The minimum atomic E-state index is -0.476. The predicted molar refractivity (Wildman–Crippen MR) is 204 cm³/mol. The van der Waals surface area contributed by atoms with Gasteiger partial charge in [0.05, 0.1) is 72.7 Å². The fraction of sp³-hybridized carbons (Fsp3) is 0.650. The number of nitrogens with one attached hydrogen (secondary N) is 1. The van der Waals surface area contributed by atoms with Crippen molar-refractivity contribution >= 4 is 23.2 Å². The summed E-state index contributed by atoms with van der Waals surface area (Å²) in [5.74, 6) is 0.794. The minimum absolute atomic E-state index is 0.00561. The monoisotopic (exact) mass is 754 g/mol. The van der Waals surface area contributed by atoms with Gasteiger partial charge >= 0.3 is 11.7 Å². The third-order valence-corrected chi connectivity index (χ3v) is 9.98. The number of nitrogens with zero attached hydrogens (tertiary/aromatic N) is 3. The zero-order valence-corrected chi connectivity index (χ0v) is 31.6. The lowest BCUT2D eigenvalue weighted by Gasteiger charge is -2.24. The second-order valence-electron chi connectivity index (χ2n) is 14.0. The van der Waals surface area contributed by atoms with Crippen LogP contribution in [0.5, 0.6) is 0 Å². The Kier molecular flexibility index (Phi) is 17.9. The zero-order valence-electron chi connectivity index (χ0n) is 31.6. The highest BCUT2D eigenvalue weighted by Gasteiger charge is 2.24. The number of hydrogen-bond acceptors (Lipinski definition) is 11. The quantitative estimate of drug-likeness (QED) is 0.0759. The van der Waals surface area contributed by atoms with Gasteiger partial charge in [0, 0.05) is 24.7 Å². The van der Waals surface area contributed by atoms with E-state index < -0.39 is 5.97 Å². The number of carbonyl (C=O) groups excluding carboxylic acids is 1. The van der Waals surface area contributed by atoms with Crippen LogP contribution < -0.4 is 11.2 Å². The van der Waals surface area contributed by atoms with E-state index in [2.05, 4.69) is 4.98 Å². The van der Waals surface area contributed by atoms with Crippen molar-refractivity contribution in [2.24, 2.45) is 11.8 Å². The van der Waals surface area contributed by atoms with Gasteiger partial charge in [-0.2, -0.15) is 0 Å². The summed E-state index contributed by atoms with van der Waals surface area (Å²) in [5, 5.41) is 8.62. The molecule has 3 aromatic rings. The van der Waals surface area contributed by atoms with Gasteiger partial charge in [-0.1, -0.05) is 62.8 Å². The van der Waals surface area contributed by atoms with Gasteiger partial charge in [0.2, 0.25) is 0 Å². The Bertz CT molecular complexity index is 1690. The number of esters is 1. The van der Waals surface area contributed by atoms with E-state index in [1.807, 2.05) is 24.3 Å². The van der Waals surface area contributed by atoms with Crippen molar-refractivity contribution in [3.8, 4) is 11.4 Å². The molecule has 2 aliphatic carbocycles. The summed E-state index contributed by atoms with van der Waals surface area (Å²) >= 11 is 0. The number of aliphatic hydroxyl groups is 1. The number of carbonyl (C=O) groups is 1. The van der Waals surface area contributed by atoms with E-state index in [9.17, 15) is 14.4 Å². The van der Waals surface area contributed by atoms with E-state index in [0.29, 0.717) is 101 Å². The molecule has 2 aromatic heterocycles. The third kappa shape index (κ3) is 13.3. The molecule has 14 heteroatoms. The topological polar surface area (TPSA) is 165 Å². The van der Waals surface area contributed by atoms with Crippen molar-refractivity contribution in [3.05, 3.63) is 56.7 Å². The molecule has 2 heterocycles. The van der Waals surface area contributed by atoms with Gasteiger partial charge in [0.15, 0.2) is 5.65 Å². The largest absolute Gasteiger partial charge is 0.460 e. The van der Waals surface area contributed by atoms with Crippen LogP contribution in [0, 0.1) is 11.8 Å². The standard InChI is InChI=1S/C40H58N4O10/c45-17-18-49-19-20-50-21-22-51-23-24-52-25-26-53-27-28-54-35(46)16-13-31-11-14-34(15-12-31)37-41-36-38(42-37)43(29-32-7-3-1-4-8-32)40(48)44(39(36)47)30-33-9-5-2-6-10-33/h11-16,32-33,45H,1-10,17-30H2,(H,41,42)/b16-13+. The van der Waals surface area contributed by atoms with Crippen LogP contribution in [0.3, 0.4) is 0 Å². The maximum Gasteiger partial charge on any atom is 0.332 e. The Labute approximate surface area is 316 Å². The third-order valence-electron chi connectivity index (χ3n) is 9.98. The number of hydrogen-bond donors (Lipinski definition) is 2. The van der Waals surface area contributed by atoms with Crippen molar-refractivity contribution < 1.29 is 38.3 Å². The summed E-state index contributed by atoms with van der Waals surface area (Å²) in [6, 6.07) is 7.48. The number of rotatable bonds is 24. The number of fused-ring (bicyclic) bond motifs is 1. The molecule has 0 unspecified atom stereocenters. The molecule has 0 bridgehead atoms. The summed E-state index contributed by atoms with van der Waals surface area (Å²) in [5.41, 5.74) is 1.83.